The van der Waals surface area contributed by atoms with Crippen molar-refractivity contribution >= 4 is 9.53 Å². The van der Waals surface area contributed by atoms with Crippen LogP contribution in [-0.4, -0.2) is 20.2 Å². The molecule has 2 heterocycles. The number of aromatic nitrogens is 4. The Bertz CT molecular complexity index is 428. The van der Waals surface area contributed by atoms with Crippen LogP contribution in [0.3, 0.4) is 0 Å². The van der Waals surface area contributed by atoms with Crippen LogP contribution in [0.2, 0.25) is 0 Å². The molecule has 0 amide bonds. The van der Waals surface area contributed by atoms with Gasteiger partial charge in [-0.05, 0) is 12.1 Å². The Morgan fingerprint density at radius 2 is 1.45 bits per heavy atom. The van der Waals surface area contributed by atoms with Crippen molar-refractivity contribution in [2.75, 3.05) is 0 Å². The van der Waals surface area contributed by atoms with Gasteiger partial charge in [-0.25, -0.2) is 4.98 Å². The molecule has 9 heteroatoms. The predicted octanol–water partition coefficient (Wildman–Crippen LogP) is 1.51. The number of hydrogen-bond acceptors (Lipinski definition) is 4. The van der Waals surface area contributed by atoms with Crippen molar-refractivity contribution in [3.63, 3.8) is 0 Å². The summed E-state index contributed by atoms with van der Waals surface area (Å²) in [6.07, 6.45) is 4.71. The van der Waals surface area contributed by atoms with E-state index in [1.54, 1.807) is 12.4 Å². The summed E-state index contributed by atoms with van der Waals surface area (Å²) in [7, 11) is 4.69. The van der Waals surface area contributed by atoms with Gasteiger partial charge in [-0.15, -0.1) is 5.10 Å². The maximum Gasteiger partial charge on any atom is 0.138 e. The molecular weight excluding hydrogens is 458 g/mol. The second kappa shape index (κ2) is 22.5. The second-order valence-electron chi connectivity index (χ2n) is 2.20. The summed E-state index contributed by atoms with van der Waals surface area (Å²) in [5.41, 5.74) is 1.55. The second-order valence-corrected chi connectivity index (χ2v) is 2.20. The van der Waals surface area contributed by atoms with Crippen LogP contribution in [0.25, 0.3) is 11.4 Å². The Balaban J connectivity index is -0.000000314. The van der Waals surface area contributed by atoms with E-state index in [0.717, 1.165) is 11.4 Å². The molecule has 0 radical (unpaired) electrons. The molecule has 2 aromatic rings. The van der Waals surface area contributed by atoms with Gasteiger partial charge in [-0.1, -0.05) is 6.07 Å². The Morgan fingerprint density at radius 1 is 0.850 bits per heavy atom. The molecule has 2 aromatic heterocycles. The predicted molar refractivity (Wildman–Crippen MR) is 60.7 cm³/mol. The third-order valence-electron chi connectivity index (χ3n) is 1.42. The SMILES string of the molecule is [C-]#[O+].[C-]#[O+].[C-]#[O+].[Cl][Re].c1ccc(-c2cnncn2)nc1. The molecule has 0 atom stereocenters. The monoisotopic (exact) mass is 464 g/mol. The summed E-state index contributed by atoms with van der Waals surface area (Å²) in [5.74, 6) is 0. The van der Waals surface area contributed by atoms with Crippen LogP contribution in [0.1, 0.15) is 0 Å². The van der Waals surface area contributed by atoms with Crippen molar-refractivity contribution in [1.29, 1.82) is 0 Å². The van der Waals surface area contributed by atoms with E-state index in [-0.39, 0.29) is 0 Å². The number of rotatable bonds is 1. The van der Waals surface area contributed by atoms with E-state index in [1.165, 1.54) is 24.5 Å². The quantitative estimate of drug-likeness (QED) is 0.471. The minimum absolute atomic E-state index is 0.741. The summed E-state index contributed by atoms with van der Waals surface area (Å²) < 4.78 is 22.5. The molecule has 0 N–H and O–H groups in total. The molecule has 0 aromatic carbocycles. The van der Waals surface area contributed by atoms with Crippen molar-refractivity contribution < 1.29 is 32.1 Å². The van der Waals surface area contributed by atoms with Crippen LogP contribution >= 0.6 is 9.53 Å². The van der Waals surface area contributed by atoms with E-state index in [9.17, 15) is 0 Å². The first kappa shape index (κ1) is 23.4. The van der Waals surface area contributed by atoms with Crippen molar-refractivity contribution in [2.24, 2.45) is 0 Å². The van der Waals surface area contributed by atoms with Crippen LogP contribution in [0, 0.1) is 20.0 Å². The number of hydrogen-bond donors (Lipinski definition) is 0. The number of halogens is 1. The smallest absolute Gasteiger partial charge is 0.138 e. The summed E-state index contributed by atoms with van der Waals surface area (Å²) in [6.45, 7) is 13.5. The zero-order valence-corrected chi connectivity index (χ0v) is 13.2. The molecule has 0 saturated heterocycles. The Morgan fingerprint density at radius 3 is 1.85 bits per heavy atom. The molecule has 0 aliphatic carbocycles. The first-order valence-electron chi connectivity index (χ1n) is 4.26. The van der Waals surface area contributed by atoms with Gasteiger partial charge in [0.15, 0.2) is 0 Å². The topological polar surface area (TPSA) is 111 Å². The van der Waals surface area contributed by atoms with Crippen molar-refractivity contribution in [3.8, 4) is 11.4 Å². The average Bonchev–Trinajstić information content (AvgIpc) is 2.63. The van der Waals surface area contributed by atoms with Gasteiger partial charge < -0.3 is 0 Å². The molecule has 0 saturated carbocycles. The third kappa shape index (κ3) is 11.4. The molecule has 7 nitrogen and oxygen atoms in total. The zero-order chi connectivity index (χ0) is 16.2. The Kier molecular flexibility index (Phi) is 26.4. The molecule has 0 fully saturated rings. The fourth-order valence-electron chi connectivity index (χ4n) is 0.886. The fraction of sp³-hybridized carbons (Fsp3) is 0. The van der Waals surface area contributed by atoms with Crippen molar-refractivity contribution in [1.82, 2.24) is 20.2 Å². The van der Waals surface area contributed by atoms with Crippen LogP contribution in [0.4, 0.5) is 0 Å². The van der Waals surface area contributed by atoms with E-state index >= 15 is 0 Å². The fourth-order valence-corrected chi connectivity index (χ4v) is 0.886. The van der Waals surface area contributed by atoms with Crippen molar-refractivity contribution in [2.45, 2.75) is 0 Å². The van der Waals surface area contributed by atoms with Gasteiger partial charge in [0.2, 0.25) is 0 Å². The van der Waals surface area contributed by atoms with Crippen LogP contribution in [0.15, 0.2) is 36.9 Å². The van der Waals surface area contributed by atoms with E-state index in [1.807, 2.05) is 18.2 Å². The minimum Gasteiger partial charge on any atom is -0.255 e. The zero-order valence-electron chi connectivity index (χ0n) is 9.73. The van der Waals surface area contributed by atoms with Gasteiger partial charge in [0.25, 0.3) is 0 Å². The van der Waals surface area contributed by atoms with Crippen LogP contribution < -0.4 is 0 Å². The van der Waals surface area contributed by atoms with Crippen molar-refractivity contribution in [3.05, 3.63) is 56.9 Å². The molecule has 0 spiro atoms. The standard InChI is InChI=1S/C8H6N4.3CO.ClH.Re/c1-2-4-9-7(3-1)8-5-11-12-6-10-8;3*1-2;;/h1-6H;;;;1H;/q;;;;;+1/p-1. The molecule has 20 heavy (non-hydrogen) atoms. The molecule has 2 rings (SSSR count). The molecule has 0 aliphatic rings. The average molecular weight is 464 g/mol. The van der Waals surface area contributed by atoms with E-state index in [0.29, 0.717) is 0 Å². The van der Waals surface area contributed by atoms with Gasteiger partial charge >= 0.3 is 61.6 Å². The molecule has 0 unspecified atom stereocenters. The Hall–Kier alpha value is -1.67. The van der Waals surface area contributed by atoms with E-state index in [4.69, 9.17) is 23.5 Å². The summed E-state index contributed by atoms with van der Waals surface area (Å²) in [4.78, 5) is 8.13. The van der Waals surface area contributed by atoms with Crippen LogP contribution in [-0.2, 0) is 32.1 Å². The van der Waals surface area contributed by atoms with Gasteiger partial charge in [0, 0.05) is 6.20 Å². The maximum absolute atomic E-state index is 7.50. The summed E-state index contributed by atoms with van der Waals surface area (Å²) >= 11 is 1.19. The first-order chi connectivity index (χ1) is 9.97. The number of pyridine rings is 1. The largest absolute Gasteiger partial charge is 0.255 e. The van der Waals surface area contributed by atoms with E-state index < -0.39 is 0 Å². The molecular formula is C11H6ClN4O3Re. The normalized spacial score (nSPS) is 6.40. The Labute approximate surface area is 130 Å². The van der Waals surface area contributed by atoms with Gasteiger partial charge in [-0.3, -0.25) is 4.98 Å². The number of nitrogens with zero attached hydrogens (tertiary/aromatic N) is 4. The third-order valence-corrected chi connectivity index (χ3v) is 1.42. The maximum atomic E-state index is 7.50. The summed E-state index contributed by atoms with van der Waals surface area (Å²) in [6, 6.07) is 5.65. The molecule has 0 aliphatic heterocycles. The molecule has 0 bridgehead atoms. The van der Waals surface area contributed by atoms with Gasteiger partial charge in [-0.2, -0.15) is 5.10 Å². The summed E-state index contributed by atoms with van der Waals surface area (Å²) in [5, 5.41) is 7.29. The van der Waals surface area contributed by atoms with E-state index in [2.05, 4.69) is 40.1 Å². The van der Waals surface area contributed by atoms with Crippen LogP contribution in [0.5, 0.6) is 0 Å². The molecule has 102 valence electrons. The van der Waals surface area contributed by atoms with Gasteiger partial charge in [0.1, 0.15) is 12.0 Å². The van der Waals surface area contributed by atoms with Gasteiger partial charge in [0.05, 0.1) is 11.9 Å². The minimum atomic E-state index is 0.741. The first-order valence-corrected chi connectivity index (χ1v) is 7.63.